The molecule has 0 saturated heterocycles. The van der Waals surface area contributed by atoms with Crippen molar-refractivity contribution in [2.75, 3.05) is 4.90 Å². The average Bonchev–Trinajstić information content (AvgIpc) is 3.33. The van der Waals surface area contributed by atoms with Crippen molar-refractivity contribution in [3.05, 3.63) is 82.4 Å². The lowest BCUT2D eigenvalue weighted by atomic mass is 9.31. The molecule has 2 aromatic rings. The molecule has 1 spiro atoms. The highest BCUT2D eigenvalue weighted by Gasteiger charge is 2.80. The first kappa shape index (κ1) is 27.2. The van der Waals surface area contributed by atoms with E-state index in [0.717, 1.165) is 22.8 Å². The van der Waals surface area contributed by atoms with Crippen LogP contribution < -0.4 is 4.90 Å². The van der Waals surface area contributed by atoms with Gasteiger partial charge in [0.05, 0.1) is 0 Å². The molecule has 0 N–H and O–H groups in total. The Kier molecular flexibility index (Phi) is 6.28. The Hall–Kier alpha value is -1.99. The lowest BCUT2D eigenvalue weighted by Crippen LogP contribution is -2.68. The maximum Gasteiger partial charge on any atom is 0.0497 e. The summed E-state index contributed by atoms with van der Waals surface area (Å²) < 4.78 is 0. The van der Waals surface area contributed by atoms with Crippen LogP contribution in [0, 0.1) is 28.6 Å². The molecule has 0 radical (unpaired) electrons. The number of hydrogen-bond acceptors (Lipinski definition) is 1. The summed E-state index contributed by atoms with van der Waals surface area (Å²) in [6, 6.07) is 16.4. The van der Waals surface area contributed by atoms with Gasteiger partial charge in [0.2, 0.25) is 0 Å². The highest BCUT2D eigenvalue weighted by atomic mass is 35.5. The topological polar surface area (TPSA) is 3.24 Å². The van der Waals surface area contributed by atoms with Crippen molar-refractivity contribution < 1.29 is 0 Å². The molecule has 4 fully saturated rings. The zero-order valence-electron chi connectivity index (χ0n) is 25.4. The van der Waals surface area contributed by atoms with E-state index >= 15 is 0 Å². The molecule has 0 aromatic heterocycles. The molecule has 0 heterocycles. The predicted molar refractivity (Wildman–Crippen MR) is 168 cm³/mol. The molecule has 0 amide bonds. The van der Waals surface area contributed by atoms with E-state index in [-0.39, 0.29) is 16.9 Å². The maximum atomic E-state index is 6.99. The van der Waals surface area contributed by atoms with Crippen LogP contribution in [0.2, 0.25) is 5.02 Å². The van der Waals surface area contributed by atoms with Gasteiger partial charge in [0, 0.05) is 27.9 Å². The SMILES string of the molecule is C/C=C(\C=C/C(C)N(c1ccc(C(C)(C)C)cc1)c1cc(Cl)cc(C23CC4CC5CC(C2)C53C4)c1)C(C)(C)C. The monoisotopic (exact) mass is 541 g/mol. The van der Waals surface area contributed by atoms with Crippen molar-refractivity contribution in [3.63, 3.8) is 0 Å². The van der Waals surface area contributed by atoms with Gasteiger partial charge in [-0.25, -0.2) is 0 Å². The molecule has 6 atom stereocenters. The van der Waals surface area contributed by atoms with E-state index in [1.165, 1.54) is 60.2 Å². The van der Waals surface area contributed by atoms with E-state index in [4.69, 9.17) is 11.6 Å². The standard InChI is InChI=1S/C37H48ClN/c1-9-26(34(3,4)5)11-10-24(2)39(32-14-12-27(13-15-32)35(6,7)8)33-19-28(18-31(38)20-33)36-21-25-16-29-17-30(23-36)37(29,36)22-25/h9-15,18-20,24-25,29-30H,16-17,21-23H2,1-8H3/b11-10-,26-9+. The molecule has 2 heteroatoms. The van der Waals surface area contributed by atoms with Gasteiger partial charge in [0.1, 0.15) is 0 Å². The zero-order valence-corrected chi connectivity index (χ0v) is 26.2. The van der Waals surface area contributed by atoms with Crippen LogP contribution in [-0.4, -0.2) is 6.04 Å². The second kappa shape index (κ2) is 9.01. The summed E-state index contributed by atoms with van der Waals surface area (Å²) in [6.07, 6.45) is 14.2. The Morgan fingerprint density at radius 1 is 0.923 bits per heavy atom. The third-order valence-corrected chi connectivity index (χ3v) is 11.5. The van der Waals surface area contributed by atoms with Gasteiger partial charge in [0.25, 0.3) is 0 Å². The maximum absolute atomic E-state index is 6.99. The molecule has 2 bridgehead atoms. The second-order valence-corrected chi connectivity index (χ2v) is 15.9. The first-order chi connectivity index (χ1) is 18.3. The molecule has 4 saturated carbocycles. The number of rotatable bonds is 6. The summed E-state index contributed by atoms with van der Waals surface area (Å²) in [7, 11) is 0. The first-order valence-electron chi connectivity index (χ1n) is 15.3. The molecular formula is C37H48ClN. The normalized spacial score (nSPS) is 32.1. The molecule has 4 aliphatic rings. The van der Waals surface area contributed by atoms with E-state index in [2.05, 4.69) is 121 Å². The van der Waals surface area contributed by atoms with Crippen molar-refractivity contribution in [1.29, 1.82) is 0 Å². The number of fused-ring (bicyclic) bond motifs is 1. The van der Waals surface area contributed by atoms with Gasteiger partial charge < -0.3 is 4.90 Å². The summed E-state index contributed by atoms with van der Waals surface area (Å²) in [5.74, 6) is 2.87. The molecule has 39 heavy (non-hydrogen) atoms. The minimum Gasteiger partial charge on any atom is -0.335 e. The quantitative estimate of drug-likeness (QED) is 0.328. The summed E-state index contributed by atoms with van der Waals surface area (Å²) in [6.45, 7) is 18.2. The molecule has 4 aliphatic carbocycles. The van der Waals surface area contributed by atoms with Gasteiger partial charge in [-0.3, -0.25) is 0 Å². The van der Waals surface area contributed by atoms with Crippen LogP contribution in [0.1, 0.15) is 98.6 Å². The van der Waals surface area contributed by atoms with Gasteiger partial charge in [-0.2, -0.15) is 0 Å². The van der Waals surface area contributed by atoms with E-state index < -0.39 is 0 Å². The van der Waals surface area contributed by atoms with Gasteiger partial charge in [-0.05, 0) is 127 Å². The Labute approximate surface area is 242 Å². The molecule has 2 aromatic carbocycles. The number of allylic oxidation sites excluding steroid dienone is 3. The molecule has 1 nitrogen and oxygen atoms in total. The highest BCUT2D eigenvalue weighted by molar-refractivity contribution is 6.31. The van der Waals surface area contributed by atoms with Crippen LogP contribution >= 0.6 is 11.6 Å². The van der Waals surface area contributed by atoms with Gasteiger partial charge >= 0.3 is 0 Å². The fourth-order valence-electron chi connectivity index (χ4n) is 9.53. The number of halogens is 1. The fraction of sp³-hybridized carbons (Fsp3) is 0.568. The first-order valence-corrected chi connectivity index (χ1v) is 15.7. The third kappa shape index (κ3) is 4.08. The number of anilines is 2. The second-order valence-electron chi connectivity index (χ2n) is 15.4. The smallest absolute Gasteiger partial charge is 0.0497 e. The molecule has 0 aliphatic heterocycles. The average molecular weight is 542 g/mol. The highest BCUT2D eigenvalue weighted by Crippen LogP contribution is 2.86. The van der Waals surface area contributed by atoms with E-state index in [1.54, 1.807) is 0 Å². The van der Waals surface area contributed by atoms with Crippen LogP contribution in [0.15, 0.2) is 66.3 Å². The van der Waals surface area contributed by atoms with Gasteiger partial charge in [-0.1, -0.05) is 83.5 Å². The van der Waals surface area contributed by atoms with E-state index in [0.29, 0.717) is 10.8 Å². The summed E-state index contributed by atoms with van der Waals surface area (Å²) in [5.41, 5.74) is 7.91. The van der Waals surface area contributed by atoms with Crippen molar-refractivity contribution in [2.45, 2.75) is 104 Å². The van der Waals surface area contributed by atoms with E-state index in [9.17, 15) is 0 Å². The lowest BCUT2D eigenvalue weighted by Gasteiger charge is -2.73. The van der Waals surface area contributed by atoms with Crippen LogP contribution in [-0.2, 0) is 10.8 Å². The summed E-state index contributed by atoms with van der Waals surface area (Å²) in [5, 5.41) is 0.881. The molecule has 6 unspecified atom stereocenters. The van der Waals surface area contributed by atoms with Crippen LogP contribution in [0.4, 0.5) is 11.4 Å². The Morgan fingerprint density at radius 2 is 1.64 bits per heavy atom. The molecular weight excluding hydrogens is 494 g/mol. The van der Waals surface area contributed by atoms with Crippen LogP contribution in [0.25, 0.3) is 0 Å². The molecule has 208 valence electrons. The van der Waals surface area contributed by atoms with Crippen molar-refractivity contribution in [3.8, 4) is 0 Å². The van der Waals surface area contributed by atoms with Crippen molar-refractivity contribution >= 4 is 23.0 Å². The lowest BCUT2D eigenvalue weighted by molar-refractivity contribution is -0.198. The Morgan fingerprint density at radius 3 is 2.23 bits per heavy atom. The summed E-state index contributed by atoms with van der Waals surface area (Å²) in [4.78, 5) is 2.50. The Balaban J connectivity index is 1.41. The third-order valence-electron chi connectivity index (χ3n) is 11.3. The molecule has 6 rings (SSSR count). The van der Waals surface area contributed by atoms with Gasteiger partial charge in [-0.15, -0.1) is 0 Å². The van der Waals surface area contributed by atoms with Gasteiger partial charge in [0.15, 0.2) is 0 Å². The van der Waals surface area contributed by atoms with Crippen LogP contribution in [0.5, 0.6) is 0 Å². The van der Waals surface area contributed by atoms with E-state index in [1.807, 2.05) is 0 Å². The minimum atomic E-state index is 0.119. The zero-order chi connectivity index (χ0) is 28.0. The number of hydrogen-bond donors (Lipinski definition) is 0. The number of benzene rings is 2. The number of nitrogens with zero attached hydrogens (tertiary/aromatic N) is 1. The largest absolute Gasteiger partial charge is 0.335 e. The Bertz CT molecular complexity index is 1320. The summed E-state index contributed by atoms with van der Waals surface area (Å²) >= 11 is 6.99. The predicted octanol–water partition coefficient (Wildman–Crippen LogP) is 10.8. The fourth-order valence-corrected chi connectivity index (χ4v) is 9.76. The van der Waals surface area contributed by atoms with Crippen molar-refractivity contribution in [1.82, 2.24) is 0 Å². The van der Waals surface area contributed by atoms with Crippen molar-refractivity contribution in [2.24, 2.45) is 28.6 Å². The van der Waals surface area contributed by atoms with Crippen LogP contribution in [0.3, 0.4) is 0 Å². The minimum absolute atomic E-state index is 0.119.